The van der Waals surface area contributed by atoms with E-state index in [4.69, 9.17) is 4.52 Å². The standard InChI is InChI=1S/C25H25N5O2/c1-18-4-6-19(7-5-18)8-11-23-27-25(28-32-23)20-9-10-22-21(16-20)26-17-30(22)15-12-24(31)29-13-2-3-14-29/h4-11,16-17H,2-3,12-15H2,1H3. The number of hydrogen-bond donors (Lipinski definition) is 0. The molecule has 0 radical (unpaired) electrons. The van der Waals surface area contributed by atoms with Crippen molar-refractivity contribution in [1.82, 2.24) is 24.6 Å². The van der Waals surface area contributed by atoms with Gasteiger partial charge < -0.3 is 14.0 Å². The molecule has 2 aromatic heterocycles. The van der Waals surface area contributed by atoms with E-state index in [2.05, 4.69) is 34.2 Å². The molecular weight excluding hydrogens is 402 g/mol. The van der Waals surface area contributed by atoms with Crippen LogP contribution in [0.4, 0.5) is 0 Å². The largest absolute Gasteiger partial charge is 0.343 e. The molecule has 3 heterocycles. The van der Waals surface area contributed by atoms with Crippen LogP contribution in [0.15, 0.2) is 53.3 Å². The Hall–Kier alpha value is -3.74. The molecule has 1 aliphatic rings. The van der Waals surface area contributed by atoms with Crippen molar-refractivity contribution in [3.8, 4) is 11.4 Å². The van der Waals surface area contributed by atoms with Crippen LogP contribution >= 0.6 is 0 Å². The Kier molecular flexibility index (Phi) is 5.54. The smallest absolute Gasteiger partial charge is 0.250 e. The number of hydrogen-bond acceptors (Lipinski definition) is 5. The molecule has 5 rings (SSSR count). The number of imidazole rings is 1. The second-order valence-electron chi connectivity index (χ2n) is 8.18. The quantitative estimate of drug-likeness (QED) is 0.450. The van der Waals surface area contributed by atoms with E-state index in [1.54, 1.807) is 6.33 Å². The fraction of sp³-hybridized carbons (Fsp3) is 0.280. The third-order valence-electron chi connectivity index (χ3n) is 5.84. The number of aryl methyl sites for hydroxylation is 2. The summed E-state index contributed by atoms with van der Waals surface area (Å²) >= 11 is 0. The first-order valence-electron chi connectivity index (χ1n) is 11.0. The van der Waals surface area contributed by atoms with Gasteiger partial charge in [-0.2, -0.15) is 4.98 Å². The average Bonchev–Trinajstić information content (AvgIpc) is 3.58. The first kappa shape index (κ1) is 20.2. The highest BCUT2D eigenvalue weighted by Gasteiger charge is 2.18. The zero-order chi connectivity index (χ0) is 21.9. The third-order valence-corrected chi connectivity index (χ3v) is 5.84. The van der Waals surface area contributed by atoms with Gasteiger partial charge in [-0.05, 0) is 49.6 Å². The van der Waals surface area contributed by atoms with Gasteiger partial charge >= 0.3 is 0 Å². The highest BCUT2D eigenvalue weighted by molar-refractivity contribution is 5.81. The van der Waals surface area contributed by atoms with Crippen molar-refractivity contribution in [2.24, 2.45) is 0 Å². The van der Waals surface area contributed by atoms with Crippen LogP contribution in [-0.2, 0) is 11.3 Å². The maximum Gasteiger partial charge on any atom is 0.250 e. The fourth-order valence-electron chi connectivity index (χ4n) is 3.99. The lowest BCUT2D eigenvalue weighted by Gasteiger charge is -2.15. The van der Waals surface area contributed by atoms with Gasteiger partial charge in [-0.25, -0.2) is 4.98 Å². The summed E-state index contributed by atoms with van der Waals surface area (Å²) in [5.74, 6) is 1.19. The summed E-state index contributed by atoms with van der Waals surface area (Å²) in [6, 6.07) is 14.1. The minimum Gasteiger partial charge on any atom is -0.343 e. The Morgan fingerprint density at radius 2 is 1.91 bits per heavy atom. The Morgan fingerprint density at radius 3 is 2.72 bits per heavy atom. The van der Waals surface area contributed by atoms with Gasteiger partial charge in [0.05, 0.1) is 17.4 Å². The number of rotatable bonds is 6. The lowest BCUT2D eigenvalue weighted by Crippen LogP contribution is -2.28. The molecule has 0 spiro atoms. The van der Waals surface area contributed by atoms with Crippen molar-refractivity contribution in [2.45, 2.75) is 32.7 Å². The number of amides is 1. The van der Waals surface area contributed by atoms with Gasteiger partial charge in [0.15, 0.2) is 0 Å². The van der Waals surface area contributed by atoms with Gasteiger partial charge in [0.1, 0.15) is 0 Å². The van der Waals surface area contributed by atoms with Gasteiger partial charge in [0, 0.05) is 37.7 Å². The van der Waals surface area contributed by atoms with Crippen molar-refractivity contribution in [3.63, 3.8) is 0 Å². The molecular formula is C25H25N5O2. The number of likely N-dealkylation sites (tertiary alicyclic amines) is 1. The number of fused-ring (bicyclic) bond motifs is 1. The molecule has 1 fully saturated rings. The molecule has 0 aliphatic carbocycles. The molecule has 1 amide bonds. The summed E-state index contributed by atoms with van der Waals surface area (Å²) in [6.45, 7) is 4.46. The molecule has 7 nitrogen and oxygen atoms in total. The third kappa shape index (κ3) is 4.32. The van der Waals surface area contributed by atoms with Gasteiger partial charge in [0.25, 0.3) is 5.89 Å². The Morgan fingerprint density at radius 1 is 1.09 bits per heavy atom. The minimum absolute atomic E-state index is 0.221. The van der Waals surface area contributed by atoms with Crippen LogP contribution in [0.25, 0.3) is 34.6 Å². The molecule has 0 unspecified atom stereocenters. The van der Waals surface area contributed by atoms with Crippen molar-refractivity contribution in [2.75, 3.05) is 13.1 Å². The lowest BCUT2D eigenvalue weighted by atomic mass is 10.1. The minimum atomic E-state index is 0.221. The van der Waals surface area contributed by atoms with Crippen molar-refractivity contribution >= 4 is 29.1 Å². The molecule has 32 heavy (non-hydrogen) atoms. The van der Waals surface area contributed by atoms with Crippen molar-refractivity contribution < 1.29 is 9.32 Å². The number of aromatic nitrogens is 4. The predicted molar refractivity (Wildman–Crippen MR) is 124 cm³/mol. The van der Waals surface area contributed by atoms with Gasteiger partial charge in [-0.15, -0.1) is 0 Å². The van der Waals surface area contributed by atoms with Gasteiger partial charge in [-0.1, -0.05) is 35.0 Å². The summed E-state index contributed by atoms with van der Waals surface area (Å²) < 4.78 is 7.41. The summed E-state index contributed by atoms with van der Waals surface area (Å²) in [5, 5.41) is 4.11. The van der Waals surface area contributed by atoms with Crippen molar-refractivity contribution in [1.29, 1.82) is 0 Å². The summed E-state index contributed by atoms with van der Waals surface area (Å²) in [6.07, 6.45) is 8.27. The van der Waals surface area contributed by atoms with E-state index in [0.717, 1.165) is 48.1 Å². The van der Waals surface area contributed by atoms with E-state index in [1.165, 1.54) is 5.56 Å². The second kappa shape index (κ2) is 8.78. The molecule has 0 N–H and O–H groups in total. The van der Waals surface area contributed by atoms with Crippen LogP contribution in [0, 0.1) is 6.92 Å². The first-order chi connectivity index (χ1) is 15.7. The molecule has 2 aromatic carbocycles. The van der Waals surface area contributed by atoms with Crippen LogP contribution in [0.3, 0.4) is 0 Å². The Bertz CT molecular complexity index is 1260. The van der Waals surface area contributed by atoms with Crippen LogP contribution in [0.5, 0.6) is 0 Å². The fourth-order valence-corrected chi connectivity index (χ4v) is 3.99. The molecule has 7 heteroatoms. The zero-order valence-electron chi connectivity index (χ0n) is 18.1. The Labute approximate surface area is 186 Å². The van der Waals surface area contributed by atoms with Gasteiger partial charge in [0.2, 0.25) is 11.7 Å². The molecule has 162 valence electrons. The molecule has 0 atom stereocenters. The van der Waals surface area contributed by atoms with E-state index in [0.29, 0.717) is 24.7 Å². The predicted octanol–water partition coefficient (Wildman–Crippen LogP) is 4.58. The van der Waals surface area contributed by atoms with E-state index < -0.39 is 0 Å². The topological polar surface area (TPSA) is 77.1 Å². The monoisotopic (exact) mass is 427 g/mol. The number of nitrogens with zero attached hydrogens (tertiary/aromatic N) is 5. The number of carbonyl (C=O) groups excluding carboxylic acids is 1. The molecule has 4 aromatic rings. The summed E-state index contributed by atoms with van der Waals surface area (Å²) in [7, 11) is 0. The molecule has 1 saturated heterocycles. The second-order valence-corrected chi connectivity index (χ2v) is 8.18. The summed E-state index contributed by atoms with van der Waals surface area (Å²) in [5.41, 5.74) is 4.97. The average molecular weight is 428 g/mol. The van der Waals surface area contributed by atoms with Crippen LogP contribution < -0.4 is 0 Å². The van der Waals surface area contributed by atoms with E-state index in [9.17, 15) is 4.79 Å². The number of benzene rings is 2. The molecule has 1 aliphatic heterocycles. The van der Waals surface area contributed by atoms with Crippen molar-refractivity contribution in [3.05, 3.63) is 65.8 Å². The SMILES string of the molecule is Cc1ccc(C=Cc2nc(-c3ccc4c(c3)ncn4CCC(=O)N3CCCC3)no2)cc1. The van der Waals surface area contributed by atoms with E-state index in [-0.39, 0.29) is 5.91 Å². The van der Waals surface area contributed by atoms with E-state index >= 15 is 0 Å². The zero-order valence-corrected chi connectivity index (χ0v) is 18.1. The normalized spacial score (nSPS) is 14.1. The summed E-state index contributed by atoms with van der Waals surface area (Å²) in [4.78, 5) is 23.3. The first-order valence-corrected chi connectivity index (χ1v) is 11.0. The van der Waals surface area contributed by atoms with Crippen LogP contribution in [-0.4, -0.2) is 43.6 Å². The van der Waals surface area contributed by atoms with Crippen LogP contribution in [0.2, 0.25) is 0 Å². The molecule has 0 bridgehead atoms. The maximum atomic E-state index is 12.3. The maximum absolute atomic E-state index is 12.3. The highest BCUT2D eigenvalue weighted by atomic mass is 16.5. The number of carbonyl (C=O) groups is 1. The van der Waals surface area contributed by atoms with Gasteiger partial charge in [-0.3, -0.25) is 4.79 Å². The molecule has 0 saturated carbocycles. The lowest BCUT2D eigenvalue weighted by molar-refractivity contribution is -0.130. The van der Waals surface area contributed by atoms with Crippen LogP contribution in [0.1, 0.15) is 36.3 Å². The highest BCUT2D eigenvalue weighted by Crippen LogP contribution is 2.23. The Balaban J connectivity index is 1.28. The van der Waals surface area contributed by atoms with E-state index in [1.807, 2.05) is 52.0 Å².